The van der Waals surface area contributed by atoms with Crippen molar-refractivity contribution in [3.63, 3.8) is 0 Å². The second-order valence-corrected chi connectivity index (χ2v) is 9.83. The van der Waals surface area contributed by atoms with Crippen LogP contribution < -0.4 is 16.0 Å². The summed E-state index contributed by atoms with van der Waals surface area (Å²) in [6.07, 6.45) is 4.75. The fourth-order valence-electron chi connectivity index (χ4n) is 2.15. The molecule has 3 N–H and O–H groups in total. The SMILES string of the molecule is CCCCCCCC(=O)N[C@@H](NC(=S)Nc1ccc(I)cc1)C(Cl)(Cl)Cl. The van der Waals surface area contributed by atoms with Gasteiger partial charge in [-0.1, -0.05) is 67.4 Å². The minimum absolute atomic E-state index is 0.178. The molecule has 9 heteroatoms. The Labute approximate surface area is 189 Å². The summed E-state index contributed by atoms with van der Waals surface area (Å²) >= 11 is 25.4. The van der Waals surface area contributed by atoms with Crippen molar-refractivity contribution in [3.8, 4) is 0 Å². The molecular weight excluding hydrogens is 528 g/mol. The Morgan fingerprint density at radius 3 is 2.31 bits per heavy atom. The van der Waals surface area contributed by atoms with E-state index in [2.05, 4.69) is 45.5 Å². The van der Waals surface area contributed by atoms with Crippen molar-refractivity contribution in [3.05, 3.63) is 27.8 Å². The van der Waals surface area contributed by atoms with Gasteiger partial charge >= 0.3 is 0 Å². The van der Waals surface area contributed by atoms with E-state index in [-0.39, 0.29) is 11.0 Å². The van der Waals surface area contributed by atoms with Gasteiger partial charge in [-0.2, -0.15) is 0 Å². The molecule has 0 radical (unpaired) electrons. The highest BCUT2D eigenvalue weighted by Gasteiger charge is 2.34. The van der Waals surface area contributed by atoms with Gasteiger partial charge in [0, 0.05) is 15.7 Å². The summed E-state index contributed by atoms with van der Waals surface area (Å²) in [4.78, 5) is 12.1. The smallest absolute Gasteiger partial charge is 0.228 e. The first-order valence-corrected chi connectivity index (χ1v) is 11.0. The molecule has 0 heterocycles. The predicted molar refractivity (Wildman–Crippen MR) is 124 cm³/mol. The third kappa shape index (κ3) is 10.3. The van der Waals surface area contributed by atoms with Crippen LogP contribution in [0.25, 0.3) is 0 Å². The molecule has 1 rings (SSSR count). The number of unbranched alkanes of at least 4 members (excludes halogenated alkanes) is 4. The molecule has 0 spiro atoms. The summed E-state index contributed by atoms with van der Waals surface area (Å²) < 4.78 is -0.632. The quantitative estimate of drug-likeness (QED) is 0.121. The monoisotopic (exact) mass is 549 g/mol. The van der Waals surface area contributed by atoms with Crippen molar-refractivity contribution in [1.29, 1.82) is 0 Å². The summed E-state index contributed by atoms with van der Waals surface area (Å²) in [6, 6.07) is 7.65. The van der Waals surface area contributed by atoms with Crippen molar-refractivity contribution in [2.75, 3.05) is 5.32 Å². The third-order valence-corrected chi connectivity index (χ3v) is 5.11. The molecule has 1 aromatic carbocycles. The zero-order valence-electron chi connectivity index (χ0n) is 14.5. The summed E-state index contributed by atoms with van der Waals surface area (Å²) in [5, 5.41) is 8.81. The number of benzene rings is 1. The van der Waals surface area contributed by atoms with Gasteiger partial charge in [-0.15, -0.1) is 0 Å². The first kappa shape index (κ1) is 24.0. The highest BCUT2D eigenvalue weighted by atomic mass is 127. The fourth-order valence-corrected chi connectivity index (χ4v) is 3.08. The Morgan fingerprint density at radius 2 is 1.73 bits per heavy atom. The van der Waals surface area contributed by atoms with E-state index in [4.69, 9.17) is 47.0 Å². The maximum Gasteiger partial charge on any atom is 0.228 e. The van der Waals surface area contributed by atoms with Crippen LogP contribution in [-0.4, -0.2) is 21.0 Å². The lowest BCUT2D eigenvalue weighted by molar-refractivity contribution is -0.122. The number of hydrogen-bond acceptors (Lipinski definition) is 2. The van der Waals surface area contributed by atoms with Gasteiger partial charge in [0.05, 0.1) is 0 Å². The van der Waals surface area contributed by atoms with Crippen molar-refractivity contribution in [2.24, 2.45) is 0 Å². The zero-order chi connectivity index (χ0) is 19.6. The first-order valence-electron chi connectivity index (χ1n) is 8.41. The number of thiocarbonyl (C=S) groups is 1. The molecule has 1 aromatic rings. The first-order chi connectivity index (χ1) is 12.2. The number of halogens is 4. The molecule has 26 heavy (non-hydrogen) atoms. The van der Waals surface area contributed by atoms with E-state index in [0.717, 1.165) is 34.9 Å². The molecule has 0 bridgehead atoms. The fraction of sp³-hybridized carbons (Fsp3) is 0.529. The lowest BCUT2D eigenvalue weighted by Gasteiger charge is -2.27. The molecule has 0 aliphatic rings. The van der Waals surface area contributed by atoms with Gasteiger partial charge in [-0.05, 0) is 65.5 Å². The van der Waals surface area contributed by atoms with Crippen molar-refractivity contribution in [2.45, 2.75) is 55.4 Å². The van der Waals surface area contributed by atoms with Crippen molar-refractivity contribution in [1.82, 2.24) is 10.6 Å². The number of nitrogens with one attached hydrogen (secondary N) is 3. The number of rotatable bonds is 9. The largest absolute Gasteiger partial charge is 0.339 e. The van der Waals surface area contributed by atoms with Gasteiger partial charge in [0.15, 0.2) is 5.11 Å². The van der Waals surface area contributed by atoms with Crippen LogP contribution in [0.5, 0.6) is 0 Å². The third-order valence-electron chi connectivity index (χ3n) is 3.52. The van der Waals surface area contributed by atoms with Gasteiger partial charge in [0.1, 0.15) is 6.17 Å². The second-order valence-electron chi connectivity index (χ2n) is 5.81. The number of carbonyl (C=O) groups is 1. The van der Waals surface area contributed by atoms with Crippen LogP contribution >= 0.6 is 69.6 Å². The van der Waals surface area contributed by atoms with E-state index < -0.39 is 9.96 Å². The maximum absolute atomic E-state index is 12.1. The van der Waals surface area contributed by atoms with E-state index in [9.17, 15) is 4.79 Å². The predicted octanol–water partition coefficient (Wildman–Crippen LogP) is 5.75. The van der Waals surface area contributed by atoms with Crippen LogP contribution in [0.3, 0.4) is 0 Å². The minimum atomic E-state index is -1.74. The Morgan fingerprint density at radius 1 is 1.12 bits per heavy atom. The Hall–Kier alpha value is -0.0200. The average molecular weight is 551 g/mol. The van der Waals surface area contributed by atoms with E-state index in [0.29, 0.717) is 6.42 Å². The second kappa shape index (κ2) is 12.4. The van der Waals surface area contributed by atoms with Gasteiger partial charge in [0.2, 0.25) is 9.70 Å². The molecule has 0 aromatic heterocycles. The summed E-state index contributed by atoms with van der Waals surface area (Å²) in [5.41, 5.74) is 0.799. The molecule has 0 aliphatic heterocycles. The van der Waals surface area contributed by atoms with Gasteiger partial charge in [-0.25, -0.2) is 0 Å². The van der Waals surface area contributed by atoms with Crippen molar-refractivity contribution < 1.29 is 4.79 Å². The number of alkyl halides is 3. The van der Waals surface area contributed by atoms with E-state index >= 15 is 0 Å². The van der Waals surface area contributed by atoms with E-state index in [1.165, 1.54) is 6.42 Å². The molecular formula is C17H23Cl3IN3OS. The van der Waals surface area contributed by atoms with E-state index in [1.807, 2.05) is 24.3 Å². The van der Waals surface area contributed by atoms with Crippen LogP contribution in [0.15, 0.2) is 24.3 Å². The number of anilines is 1. The Kier molecular flexibility index (Phi) is 11.5. The van der Waals surface area contributed by atoms with Crippen molar-refractivity contribution >= 4 is 86.3 Å². The summed E-state index contributed by atoms with van der Waals surface area (Å²) in [5.74, 6) is -0.178. The molecule has 0 saturated carbocycles. The molecule has 1 amide bonds. The highest BCUT2D eigenvalue weighted by Crippen LogP contribution is 2.29. The van der Waals surface area contributed by atoms with Crippen LogP contribution in [-0.2, 0) is 4.79 Å². The summed E-state index contributed by atoms with van der Waals surface area (Å²) in [6.45, 7) is 2.15. The van der Waals surface area contributed by atoms with Crippen LogP contribution in [0.4, 0.5) is 5.69 Å². The molecule has 0 unspecified atom stereocenters. The lowest BCUT2D eigenvalue weighted by atomic mass is 10.1. The highest BCUT2D eigenvalue weighted by molar-refractivity contribution is 14.1. The number of hydrogen-bond donors (Lipinski definition) is 3. The number of carbonyl (C=O) groups excluding carboxylic acids is 1. The Bertz CT molecular complexity index is 582. The van der Waals surface area contributed by atoms with Gasteiger partial charge in [-0.3, -0.25) is 4.79 Å². The molecule has 4 nitrogen and oxygen atoms in total. The summed E-state index contributed by atoms with van der Waals surface area (Å²) in [7, 11) is 0. The van der Waals surface area contributed by atoms with Crippen LogP contribution in [0, 0.1) is 3.57 Å². The average Bonchev–Trinajstić information content (AvgIpc) is 2.55. The molecule has 0 saturated heterocycles. The van der Waals surface area contributed by atoms with Gasteiger partial charge in [0.25, 0.3) is 0 Å². The maximum atomic E-state index is 12.1. The number of amides is 1. The molecule has 0 fully saturated rings. The van der Waals surface area contributed by atoms with Gasteiger partial charge < -0.3 is 16.0 Å². The minimum Gasteiger partial charge on any atom is -0.339 e. The molecule has 1 atom stereocenters. The van der Waals surface area contributed by atoms with E-state index in [1.54, 1.807) is 0 Å². The van der Waals surface area contributed by atoms with Crippen LogP contribution in [0.2, 0.25) is 0 Å². The Balaban J connectivity index is 2.51. The normalized spacial score (nSPS) is 12.3. The molecule has 146 valence electrons. The molecule has 0 aliphatic carbocycles. The lowest BCUT2D eigenvalue weighted by Crippen LogP contribution is -2.56. The zero-order valence-corrected chi connectivity index (χ0v) is 19.7. The standard InChI is InChI=1S/C17H23Cl3IN3OS/c1-2-3-4-5-6-7-14(25)23-15(17(18,19)20)24-16(26)22-13-10-8-12(21)9-11-13/h8-11,15H,2-7H2,1H3,(H,23,25)(H2,22,24,26)/t15-/m0/s1. The van der Waals surface area contributed by atoms with Crippen LogP contribution in [0.1, 0.15) is 45.4 Å². The topological polar surface area (TPSA) is 53.2 Å².